The van der Waals surface area contributed by atoms with Crippen LogP contribution < -0.4 is 5.73 Å². The number of nitrogens with zero attached hydrogens (tertiary/aromatic N) is 2. The Labute approximate surface area is 135 Å². The molecule has 4 heteroatoms. The van der Waals surface area contributed by atoms with E-state index in [-0.39, 0.29) is 11.7 Å². The SMILES string of the molecule is NCCC(c1ccc(F)cc1)c1nccn1Cc1ccccc1. The lowest BCUT2D eigenvalue weighted by Gasteiger charge is -2.18. The summed E-state index contributed by atoms with van der Waals surface area (Å²) in [5, 5.41) is 0. The Balaban J connectivity index is 1.91. The highest BCUT2D eigenvalue weighted by Crippen LogP contribution is 2.27. The predicted molar refractivity (Wildman–Crippen MR) is 89.7 cm³/mol. The average Bonchev–Trinajstić information content (AvgIpc) is 3.02. The van der Waals surface area contributed by atoms with E-state index in [0.717, 1.165) is 24.4 Å². The van der Waals surface area contributed by atoms with Crippen LogP contribution in [0, 0.1) is 5.82 Å². The van der Waals surface area contributed by atoms with Gasteiger partial charge in [-0.15, -0.1) is 0 Å². The molecule has 0 bridgehead atoms. The van der Waals surface area contributed by atoms with E-state index in [9.17, 15) is 4.39 Å². The molecular weight excluding hydrogens is 289 g/mol. The Hall–Kier alpha value is -2.46. The fourth-order valence-electron chi connectivity index (χ4n) is 2.85. The monoisotopic (exact) mass is 309 g/mol. The summed E-state index contributed by atoms with van der Waals surface area (Å²) in [7, 11) is 0. The number of aromatic nitrogens is 2. The molecule has 1 atom stereocenters. The van der Waals surface area contributed by atoms with Crippen LogP contribution >= 0.6 is 0 Å². The maximum absolute atomic E-state index is 13.2. The zero-order chi connectivity index (χ0) is 16.1. The fourth-order valence-corrected chi connectivity index (χ4v) is 2.85. The number of halogens is 1. The van der Waals surface area contributed by atoms with Gasteiger partial charge in [-0.3, -0.25) is 0 Å². The van der Waals surface area contributed by atoms with Crippen LogP contribution in [0.4, 0.5) is 4.39 Å². The van der Waals surface area contributed by atoms with Crippen molar-refractivity contribution in [3.05, 3.63) is 89.8 Å². The van der Waals surface area contributed by atoms with Crippen molar-refractivity contribution in [2.24, 2.45) is 5.73 Å². The van der Waals surface area contributed by atoms with Gasteiger partial charge in [-0.05, 0) is 36.2 Å². The third-order valence-corrected chi connectivity index (χ3v) is 3.98. The van der Waals surface area contributed by atoms with E-state index in [1.807, 2.05) is 42.7 Å². The third kappa shape index (κ3) is 3.66. The minimum atomic E-state index is -0.229. The number of imidazole rings is 1. The first-order chi connectivity index (χ1) is 11.3. The summed E-state index contributed by atoms with van der Waals surface area (Å²) in [6.45, 7) is 1.32. The molecule has 0 aliphatic rings. The second kappa shape index (κ2) is 7.20. The van der Waals surface area contributed by atoms with Gasteiger partial charge >= 0.3 is 0 Å². The van der Waals surface area contributed by atoms with Crippen LogP contribution in [0.5, 0.6) is 0 Å². The van der Waals surface area contributed by atoms with E-state index < -0.39 is 0 Å². The van der Waals surface area contributed by atoms with Crippen LogP contribution in [0.15, 0.2) is 67.0 Å². The first kappa shape index (κ1) is 15.4. The van der Waals surface area contributed by atoms with E-state index >= 15 is 0 Å². The van der Waals surface area contributed by atoms with Crippen molar-refractivity contribution in [1.82, 2.24) is 9.55 Å². The Bertz CT molecular complexity index is 735. The van der Waals surface area contributed by atoms with E-state index in [1.165, 1.54) is 17.7 Å². The summed E-state index contributed by atoms with van der Waals surface area (Å²) >= 11 is 0. The van der Waals surface area contributed by atoms with Crippen molar-refractivity contribution in [2.75, 3.05) is 6.54 Å². The van der Waals surface area contributed by atoms with Gasteiger partial charge < -0.3 is 10.3 Å². The molecular formula is C19H20FN3. The molecule has 3 aromatic rings. The molecule has 3 rings (SSSR count). The van der Waals surface area contributed by atoms with E-state index in [2.05, 4.69) is 21.7 Å². The molecule has 0 amide bonds. The predicted octanol–water partition coefficient (Wildman–Crippen LogP) is 3.55. The van der Waals surface area contributed by atoms with Gasteiger partial charge in [-0.25, -0.2) is 9.37 Å². The third-order valence-electron chi connectivity index (χ3n) is 3.98. The lowest BCUT2D eigenvalue weighted by molar-refractivity contribution is 0.613. The first-order valence-electron chi connectivity index (χ1n) is 7.78. The lowest BCUT2D eigenvalue weighted by atomic mass is 9.94. The molecule has 0 aliphatic carbocycles. The molecule has 0 radical (unpaired) electrons. The van der Waals surface area contributed by atoms with Crippen LogP contribution in [-0.2, 0) is 6.54 Å². The van der Waals surface area contributed by atoms with Crippen LogP contribution in [0.2, 0.25) is 0 Å². The van der Waals surface area contributed by atoms with Crippen LogP contribution in [0.1, 0.15) is 29.3 Å². The van der Waals surface area contributed by atoms with Crippen molar-refractivity contribution in [2.45, 2.75) is 18.9 Å². The standard InChI is InChI=1S/C19H20FN3/c20-17-8-6-16(7-9-17)18(10-11-21)19-22-12-13-23(19)14-15-4-2-1-3-5-15/h1-9,12-13,18H,10-11,14,21H2. The average molecular weight is 309 g/mol. The van der Waals surface area contributed by atoms with Gasteiger partial charge in [-0.2, -0.15) is 0 Å². The van der Waals surface area contributed by atoms with Gasteiger partial charge in [0.25, 0.3) is 0 Å². The highest BCUT2D eigenvalue weighted by atomic mass is 19.1. The molecule has 0 fully saturated rings. The molecule has 3 nitrogen and oxygen atoms in total. The first-order valence-corrected chi connectivity index (χ1v) is 7.78. The second-order valence-electron chi connectivity index (χ2n) is 5.58. The van der Waals surface area contributed by atoms with E-state index in [0.29, 0.717) is 6.54 Å². The Morgan fingerprint density at radius 2 is 1.78 bits per heavy atom. The number of rotatable bonds is 6. The van der Waals surface area contributed by atoms with Gasteiger partial charge in [0, 0.05) is 24.9 Å². The summed E-state index contributed by atoms with van der Waals surface area (Å²) < 4.78 is 15.3. The summed E-state index contributed by atoms with van der Waals surface area (Å²) in [5.74, 6) is 0.804. The molecule has 0 spiro atoms. The smallest absolute Gasteiger partial charge is 0.123 e. The van der Waals surface area contributed by atoms with Gasteiger partial charge in [-0.1, -0.05) is 42.5 Å². The summed E-state index contributed by atoms with van der Waals surface area (Å²) in [6, 6.07) is 16.9. The highest BCUT2D eigenvalue weighted by molar-refractivity contribution is 5.27. The van der Waals surface area contributed by atoms with E-state index in [4.69, 9.17) is 5.73 Å². The molecule has 1 heterocycles. The summed E-state index contributed by atoms with van der Waals surface area (Å²) in [6.07, 6.45) is 4.57. The molecule has 0 saturated carbocycles. The molecule has 1 unspecified atom stereocenters. The highest BCUT2D eigenvalue weighted by Gasteiger charge is 2.19. The fraction of sp³-hybridized carbons (Fsp3) is 0.211. The van der Waals surface area contributed by atoms with Crippen molar-refractivity contribution in [1.29, 1.82) is 0 Å². The van der Waals surface area contributed by atoms with Gasteiger partial charge in [0.15, 0.2) is 0 Å². The van der Waals surface area contributed by atoms with Gasteiger partial charge in [0.2, 0.25) is 0 Å². The van der Waals surface area contributed by atoms with Crippen LogP contribution in [0.3, 0.4) is 0 Å². The number of hydrogen-bond donors (Lipinski definition) is 1. The topological polar surface area (TPSA) is 43.8 Å². The zero-order valence-electron chi connectivity index (χ0n) is 12.9. The minimum Gasteiger partial charge on any atom is -0.330 e. The quantitative estimate of drug-likeness (QED) is 0.757. The molecule has 2 N–H and O–H groups in total. The van der Waals surface area contributed by atoms with Crippen molar-refractivity contribution < 1.29 is 4.39 Å². The molecule has 0 saturated heterocycles. The zero-order valence-corrected chi connectivity index (χ0v) is 12.9. The van der Waals surface area contributed by atoms with Crippen molar-refractivity contribution in [3.63, 3.8) is 0 Å². The maximum atomic E-state index is 13.2. The maximum Gasteiger partial charge on any atom is 0.123 e. The number of nitrogens with two attached hydrogens (primary N) is 1. The normalized spacial score (nSPS) is 12.3. The molecule has 23 heavy (non-hydrogen) atoms. The van der Waals surface area contributed by atoms with Crippen molar-refractivity contribution in [3.8, 4) is 0 Å². The summed E-state index contributed by atoms with van der Waals surface area (Å²) in [5.41, 5.74) is 8.05. The Morgan fingerprint density at radius 1 is 1.04 bits per heavy atom. The largest absolute Gasteiger partial charge is 0.330 e. The second-order valence-corrected chi connectivity index (χ2v) is 5.58. The number of hydrogen-bond acceptors (Lipinski definition) is 2. The molecule has 1 aromatic heterocycles. The van der Waals surface area contributed by atoms with Crippen LogP contribution in [0.25, 0.3) is 0 Å². The lowest BCUT2D eigenvalue weighted by Crippen LogP contribution is -2.15. The Kier molecular flexibility index (Phi) is 4.83. The molecule has 2 aromatic carbocycles. The minimum absolute atomic E-state index is 0.0688. The number of benzene rings is 2. The molecule has 0 aliphatic heterocycles. The van der Waals surface area contributed by atoms with Crippen molar-refractivity contribution >= 4 is 0 Å². The van der Waals surface area contributed by atoms with E-state index in [1.54, 1.807) is 0 Å². The van der Waals surface area contributed by atoms with Crippen LogP contribution in [-0.4, -0.2) is 16.1 Å². The molecule has 118 valence electrons. The van der Waals surface area contributed by atoms with Gasteiger partial charge in [0.1, 0.15) is 11.6 Å². The summed E-state index contributed by atoms with van der Waals surface area (Å²) in [4.78, 5) is 4.54. The van der Waals surface area contributed by atoms with Gasteiger partial charge in [0.05, 0.1) is 0 Å². The Morgan fingerprint density at radius 3 is 2.48 bits per heavy atom.